The number of aromatic nitrogens is 1. The van der Waals surface area contributed by atoms with Gasteiger partial charge in [-0.15, -0.1) is 0 Å². The minimum Gasteiger partial charge on any atom is -0.324 e. The summed E-state index contributed by atoms with van der Waals surface area (Å²) in [6.45, 7) is 1.71. The molecule has 7 heteroatoms. The van der Waals surface area contributed by atoms with Crippen molar-refractivity contribution < 1.29 is 18.0 Å². The van der Waals surface area contributed by atoms with Gasteiger partial charge in [-0.1, -0.05) is 24.4 Å². The van der Waals surface area contributed by atoms with Crippen molar-refractivity contribution in [3.63, 3.8) is 0 Å². The minimum atomic E-state index is -4.34. The summed E-state index contributed by atoms with van der Waals surface area (Å²) < 4.78 is 39.0. The topological polar surface area (TPSA) is 42.0 Å². The SMILES string of the molecule is Cc1cc(NC(=O)C2CCCCC2C(F)(F)F)cnc1Cl. The van der Waals surface area contributed by atoms with Crippen molar-refractivity contribution in [2.75, 3.05) is 5.32 Å². The number of hydrogen-bond acceptors (Lipinski definition) is 2. The second-order valence-electron chi connectivity index (χ2n) is 5.36. The van der Waals surface area contributed by atoms with E-state index >= 15 is 0 Å². The zero-order chi connectivity index (χ0) is 15.6. The highest BCUT2D eigenvalue weighted by atomic mass is 35.5. The standard InChI is InChI=1S/C14H16ClF3N2O/c1-8-6-9(7-19-12(8)15)20-13(21)10-4-2-3-5-11(10)14(16,17)18/h6-7,10-11H,2-5H2,1H3,(H,20,21). The van der Waals surface area contributed by atoms with E-state index in [2.05, 4.69) is 10.3 Å². The monoisotopic (exact) mass is 320 g/mol. The summed E-state index contributed by atoms with van der Waals surface area (Å²) in [4.78, 5) is 16.0. The molecule has 1 aliphatic carbocycles. The molecule has 0 aliphatic heterocycles. The molecule has 116 valence electrons. The third-order valence-corrected chi connectivity index (χ3v) is 4.20. The fourth-order valence-electron chi connectivity index (χ4n) is 2.70. The molecule has 1 N–H and O–H groups in total. The van der Waals surface area contributed by atoms with Crippen LogP contribution >= 0.6 is 11.6 Å². The first-order valence-electron chi connectivity index (χ1n) is 6.79. The summed E-state index contributed by atoms with van der Waals surface area (Å²) >= 11 is 5.78. The van der Waals surface area contributed by atoms with Crippen LogP contribution < -0.4 is 5.32 Å². The Hall–Kier alpha value is -1.30. The van der Waals surface area contributed by atoms with Gasteiger partial charge in [0.2, 0.25) is 5.91 Å². The molecule has 0 saturated heterocycles. The van der Waals surface area contributed by atoms with Gasteiger partial charge in [-0.05, 0) is 31.4 Å². The predicted octanol–water partition coefficient (Wildman–Crippen LogP) is 4.35. The number of rotatable bonds is 2. The van der Waals surface area contributed by atoms with Gasteiger partial charge < -0.3 is 5.32 Å². The Balaban J connectivity index is 2.12. The third-order valence-electron chi connectivity index (χ3n) is 3.81. The van der Waals surface area contributed by atoms with E-state index in [1.807, 2.05) is 0 Å². The maximum absolute atomic E-state index is 13.0. The van der Waals surface area contributed by atoms with Crippen LogP contribution in [0.25, 0.3) is 0 Å². The molecule has 1 aromatic rings. The van der Waals surface area contributed by atoms with Crippen LogP contribution in [0.3, 0.4) is 0 Å². The second-order valence-corrected chi connectivity index (χ2v) is 5.72. The molecule has 21 heavy (non-hydrogen) atoms. The Morgan fingerprint density at radius 3 is 2.67 bits per heavy atom. The van der Waals surface area contributed by atoms with Crippen LogP contribution in [-0.2, 0) is 4.79 Å². The summed E-state index contributed by atoms with van der Waals surface area (Å²) in [5, 5.41) is 2.83. The Morgan fingerprint density at radius 2 is 2.05 bits per heavy atom. The molecule has 2 rings (SSSR count). The van der Waals surface area contributed by atoms with Crippen LogP contribution in [-0.4, -0.2) is 17.1 Å². The Bertz CT molecular complexity index is 533. The van der Waals surface area contributed by atoms with E-state index in [1.165, 1.54) is 6.20 Å². The van der Waals surface area contributed by atoms with E-state index in [4.69, 9.17) is 11.6 Å². The smallest absolute Gasteiger partial charge is 0.324 e. The molecule has 2 atom stereocenters. The lowest BCUT2D eigenvalue weighted by atomic mass is 9.78. The molecule has 1 fully saturated rings. The van der Waals surface area contributed by atoms with Crippen LogP contribution in [0.15, 0.2) is 12.3 Å². The number of nitrogens with zero attached hydrogens (tertiary/aromatic N) is 1. The molecule has 1 amide bonds. The molecule has 0 bridgehead atoms. The maximum atomic E-state index is 13.0. The van der Waals surface area contributed by atoms with E-state index in [9.17, 15) is 18.0 Å². The van der Waals surface area contributed by atoms with Gasteiger partial charge in [-0.25, -0.2) is 4.98 Å². The predicted molar refractivity (Wildman–Crippen MR) is 74.1 cm³/mol. The number of anilines is 1. The van der Waals surface area contributed by atoms with Crippen molar-refractivity contribution in [3.05, 3.63) is 23.0 Å². The van der Waals surface area contributed by atoms with Crippen LogP contribution in [0, 0.1) is 18.8 Å². The highest BCUT2D eigenvalue weighted by Gasteiger charge is 2.48. The number of hydrogen-bond donors (Lipinski definition) is 1. The Morgan fingerprint density at radius 1 is 1.38 bits per heavy atom. The second kappa shape index (κ2) is 6.22. The van der Waals surface area contributed by atoms with Crippen molar-refractivity contribution in [2.24, 2.45) is 11.8 Å². The van der Waals surface area contributed by atoms with Gasteiger partial charge >= 0.3 is 6.18 Å². The maximum Gasteiger partial charge on any atom is 0.392 e. The molecule has 1 heterocycles. The Labute approximate surface area is 125 Å². The molecular weight excluding hydrogens is 305 g/mol. The van der Waals surface area contributed by atoms with Crippen LogP contribution in [0.4, 0.5) is 18.9 Å². The molecule has 0 radical (unpaired) electrons. The first-order chi connectivity index (χ1) is 9.79. The zero-order valence-corrected chi connectivity index (χ0v) is 12.3. The van der Waals surface area contributed by atoms with Crippen molar-refractivity contribution in [1.29, 1.82) is 0 Å². The van der Waals surface area contributed by atoms with Crippen LogP contribution in [0.1, 0.15) is 31.2 Å². The molecule has 2 unspecified atom stereocenters. The first kappa shape index (κ1) is 16.1. The number of amides is 1. The zero-order valence-electron chi connectivity index (χ0n) is 11.5. The average molecular weight is 321 g/mol. The summed E-state index contributed by atoms with van der Waals surface area (Å²) in [7, 11) is 0. The number of aryl methyl sites for hydroxylation is 1. The quantitative estimate of drug-likeness (QED) is 0.823. The fraction of sp³-hybridized carbons (Fsp3) is 0.571. The molecule has 3 nitrogen and oxygen atoms in total. The lowest BCUT2D eigenvalue weighted by Gasteiger charge is -2.31. The van der Waals surface area contributed by atoms with E-state index in [1.54, 1.807) is 13.0 Å². The lowest BCUT2D eigenvalue weighted by Crippen LogP contribution is -2.39. The summed E-state index contributed by atoms with van der Waals surface area (Å²) in [5.41, 5.74) is 1.03. The number of alkyl halides is 3. The van der Waals surface area contributed by atoms with Gasteiger partial charge in [-0.2, -0.15) is 13.2 Å². The summed E-state index contributed by atoms with van der Waals surface area (Å²) in [5.74, 6) is -3.19. The Kier molecular flexibility index (Phi) is 4.76. The van der Waals surface area contributed by atoms with E-state index in [-0.39, 0.29) is 12.8 Å². The normalized spacial score (nSPS) is 22.9. The number of carbonyl (C=O) groups is 1. The number of pyridine rings is 1. The lowest BCUT2D eigenvalue weighted by molar-refractivity contribution is -0.197. The van der Waals surface area contributed by atoms with Crippen LogP contribution in [0.2, 0.25) is 5.15 Å². The highest BCUT2D eigenvalue weighted by molar-refractivity contribution is 6.30. The fourth-order valence-corrected chi connectivity index (χ4v) is 2.80. The largest absolute Gasteiger partial charge is 0.392 e. The highest BCUT2D eigenvalue weighted by Crippen LogP contribution is 2.41. The van der Waals surface area contributed by atoms with Crippen molar-refractivity contribution in [2.45, 2.75) is 38.8 Å². The molecule has 1 saturated carbocycles. The third kappa shape index (κ3) is 3.87. The van der Waals surface area contributed by atoms with Crippen molar-refractivity contribution >= 4 is 23.2 Å². The molecule has 1 aliphatic rings. The molecule has 0 spiro atoms. The van der Waals surface area contributed by atoms with Gasteiger partial charge in [0.05, 0.1) is 17.8 Å². The van der Waals surface area contributed by atoms with Crippen molar-refractivity contribution in [3.8, 4) is 0 Å². The van der Waals surface area contributed by atoms with E-state index < -0.39 is 23.9 Å². The van der Waals surface area contributed by atoms with Gasteiger partial charge in [0, 0.05) is 5.92 Å². The molecule has 0 aromatic carbocycles. The van der Waals surface area contributed by atoms with Gasteiger partial charge in [0.1, 0.15) is 5.15 Å². The summed E-state index contributed by atoms with van der Waals surface area (Å²) in [6, 6.07) is 1.60. The first-order valence-corrected chi connectivity index (χ1v) is 7.16. The number of carbonyl (C=O) groups excluding carboxylic acids is 1. The van der Waals surface area contributed by atoms with Crippen LogP contribution in [0.5, 0.6) is 0 Å². The van der Waals surface area contributed by atoms with Gasteiger partial charge in [-0.3, -0.25) is 4.79 Å². The van der Waals surface area contributed by atoms with Gasteiger partial charge in [0.15, 0.2) is 0 Å². The number of halogens is 4. The number of nitrogens with one attached hydrogen (secondary N) is 1. The van der Waals surface area contributed by atoms with E-state index in [0.29, 0.717) is 29.2 Å². The van der Waals surface area contributed by atoms with Crippen molar-refractivity contribution in [1.82, 2.24) is 4.98 Å². The average Bonchev–Trinajstić information content (AvgIpc) is 2.42. The minimum absolute atomic E-state index is 0.0134. The molecular formula is C14H16ClF3N2O. The van der Waals surface area contributed by atoms with E-state index in [0.717, 1.165) is 0 Å². The summed E-state index contributed by atoms with van der Waals surface area (Å²) in [6.07, 6.45) is -1.57. The molecule has 1 aromatic heterocycles. The van der Waals surface area contributed by atoms with Gasteiger partial charge in [0.25, 0.3) is 0 Å².